The molecular formula is C16H20N2O2. The Balaban J connectivity index is 2.62. The number of hydrogen-bond acceptors (Lipinski definition) is 2. The summed E-state index contributed by atoms with van der Waals surface area (Å²) in [5.74, 6) is 0.00848. The van der Waals surface area contributed by atoms with Crippen molar-refractivity contribution in [2.24, 2.45) is 0 Å². The molecule has 0 saturated heterocycles. The van der Waals surface area contributed by atoms with Crippen molar-refractivity contribution in [3.63, 3.8) is 0 Å². The maximum atomic E-state index is 12.4. The van der Waals surface area contributed by atoms with Gasteiger partial charge < -0.3 is 4.90 Å². The van der Waals surface area contributed by atoms with Crippen molar-refractivity contribution < 1.29 is 9.59 Å². The van der Waals surface area contributed by atoms with Gasteiger partial charge in [0.15, 0.2) is 5.78 Å². The van der Waals surface area contributed by atoms with E-state index in [1.54, 1.807) is 23.8 Å². The van der Waals surface area contributed by atoms with E-state index in [1.165, 1.54) is 0 Å². The van der Waals surface area contributed by atoms with Crippen LogP contribution < -0.4 is 0 Å². The van der Waals surface area contributed by atoms with Crippen molar-refractivity contribution in [1.82, 2.24) is 9.80 Å². The van der Waals surface area contributed by atoms with Crippen molar-refractivity contribution >= 4 is 11.8 Å². The van der Waals surface area contributed by atoms with Crippen molar-refractivity contribution in [3.8, 4) is 0 Å². The van der Waals surface area contributed by atoms with E-state index in [-0.39, 0.29) is 17.9 Å². The van der Waals surface area contributed by atoms with Gasteiger partial charge in [-0.2, -0.15) is 0 Å². The number of hydrogen-bond donors (Lipinski definition) is 0. The molecule has 0 aromatic heterocycles. The maximum absolute atomic E-state index is 12.4. The second-order valence-corrected chi connectivity index (χ2v) is 5.01. The molecule has 1 aliphatic rings. The summed E-state index contributed by atoms with van der Waals surface area (Å²) in [6.07, 6.45) is 0. The summed E-state index contributed by atoms with van der Waals surface area (Å²) in [6, 6.07) is 9.31. The zero-order valence-electron chi connectivity index (χ0n) is 12.4. The molecular weight excluding hydrogens is 252 g/mol. The number of urea groups is 1. The molecule has 2 amide bonds. The van der Waals surface area contributed by atoms with Gasteiger partial charge >= 0.3 is 6.03 Å². The van der Waals surface area contributed by atoms with Gasteiger partial charge in [0.25, 0.3) is 0 Å². The highest BCUT2D eigenvalue weighted by Gasteiger charge is 2.37. The topological polar surface area (TPSA) is 40.6 Å². The molecule has 4 nitrogen and oxygen atoms in total. The van der Waals surface area contributed by atoms with E-state index in [1.807, 2.05) is 44.2 Å². The number of carbonyl (C=O) groups excluding carboxylic acids is 2. The molecule has 0 fully saturated rings. The van der Waals surface area contributed by atoms with Crippen LogP contribution in [0.15, 0.2) is 41.6 Å². The molecule has 0 saturated carbocycles. The number of rotatable bonds is 3. The first-order chi connectivity index (χ1) is 9.49. The number of Topliss-reactive ketones (excluding diaryl/α,β-unsaturated/α-hetero) is 1. The minimum absolute atomic E-state index is 0.00848. The first-order valence-corrected chi connectivity index (χ1v) is 6.80. The summed E-state index contributed by atoms with van der Waals surface area (Å²) in [6.45, 7) is 5.89. The van der Waals surface area contributed by atoms with Crippen molar-refractivity contribution in [2.45, 2.75) is 26.8 Å². The molecule has 106 valence electrons. The van der Waals surface area contributed by atoms with Crippen LogP contribution in [0.1, 0.15) is 32.4 Å². The highest BCUT2D eigenvalue weighted by atomic mass is 16.2. The van der Waals surface area contributed by atoms with Gasteiger partial charge in [-0.25, -0.2) is 4.79 Å². The average molecular weight is 272 g/mol. The second kappa shape index (κ2) is 5.49. The van der Waals surface area contributed by atoms with Gasteiger partial charge in [-0.05, 0) is 26.3 Å². The molecule has 1 aliphatic heterocycles. The van der Waals surface area contributed by atoms with E-state index >= 15 is 0 Å². The Morgan fingerprint density at radius 3 is 2.35 bits per heavy atom. The number of benzene rings is 1. The second-order valence-electron chi connectivity index (χ2n) is 5.01. The van der Waals surface area contributed by atoms with E-state index in [0.717, 1.165) is 11.3 Å². The Bertz CT molecular complexity index is 563. The first-order valence-electron chi connectivity index (χ1n) is 6.80. The van der Waals surface area contributed by atoms with Crippen LogP contribution in [0.2, 0.25) is 0 Å². The summed E-state index contributed by atoms with van der Waals surface area (Å²) in [5, 5.41) is 0. The number of likely N-dealkylation sites (N-methyl/N-ethyl adjacent to an activating group) is 1. The molecule has 1 aromatic rings. The smallest absolute Gasteiger partial charge is 0.316 e. The van der Waals surface area contributed by atoms with Gasteiger partial charge in [0, 0.05) is 24.9 Å². The number of carbonyl (C=O) groups is 2. The van der Waals surface area contributed by atoms with Crippen LogP contribution in [-0.2, 0) is 4.79 Å². The van der Waals surface area contributed by atoms with E-state index in [9.17, 15) is 9.59 Å². The summed E-state index contributed by atoms with van der Waals surface area (Å²) in [7, 11) is 1.75. The van der Waals surface area contributed by atoms with Gasteiger partial charge in [0.2, 0.25) is 0 Å². The maximum Gasteiger partial charge on any atom is 0.324 e. The fraction of sp³-hybridized carbons (Fsp3) is 0.375. The monoisotopic (exact) mass is 272 g/mol. The van der Waals surface area contributed by atoms with E-state index in [0.29, 0.717) is 12.1 Å². The average Bonchev–Trinajstić information content (AvgIpc) is 2.43. The van der Waals surface area contributed by atoms with Crippen molar-refractivity contribution in [2.75, 3.05) is 13.6 Å². The van der Waals surface area contributed by atoms with Crippen LogP contribution in [0.3, 0.4) is 0 Å². The van der Waals surface area contributed by atoms with Crippen LogP contribution in [0.25, 0.3) is 0 Å². The first kappa shape index (κ1) is 14.3. The van der Waals surface area contributed by atoms with Crippen molar-refractivity contribution in [3.05, 3.63) is 47.2 Å². The molecule has 0 aliphatic carbocycles. The van der Waals surface area contributed by atoms with Crippen molar-refractivity contribution in [1.29, 1.82) is 0 Å². The Kier molecular flexibility index (Phi) is 3.93. The minimum Gasteiger partial charge on any atom is -0.316 e. The van der Waals surface area contributed by atoms with Gasteiger partial charge in [0.05, 0.1) is 6.04 Å². The highest BCUT2D eigenvalue weighted by molar-refractivity contribution is 5.98. The molecule has 0 unspecified atom stereocenters. The van der Waals surface area contributed by atoms with Crippen LogP contribution in [0.5, 0.6) is 0 Å². The summed E-state index contributed by atoms with van der Waals surface area (Å²) in [4.78, 5) is 27.8. The summed E-state index contributed by atoms with van der Waals surface area (Å²) >= 11 is 0. The number of amides is 2. The Hall–Kier alpha value is -2.10. The molecule has 0 N–H and O–H groups in total. The third kappa shape index (κ3) is 2.22. The fourth-order valence-corrected chi connectivity index (χ4v) is 2.83. The van der Waals surface area contributed by atoms with Crippen LogP contribution in [-0.4, -0.2) is 35.2 Å². The summed E-state index contributed by atoms with van der Waals surface area (Å²) < 4.78 is 0. The Morgan fingerprint density at radius 1 is 1.25 bits per heavy atom. The fourth-order valence-electron chi connectivity index (χ4n) is 2.83. The molecule has 1 atom stereocenters. The lowest BCUT2D eigenvalue weighted by molar-refractivity contribution is -0.114. The normalized spacial score (nSPS) is 19.6. The third-order valence-electron chi connectivity index (χ3n) is 3.80. The Morgan fingerprint density at radius 2 is 1.85 bits per heavy atom. The van der Waals surface area contributed by atoms with E-state index in [2.05, 4.69) is 0 Å². The molecule has 2 rings (SSSR count). The lowest BCUT2D eigenvalue weighted by Gasteiger charge is -2.40. The van der Waals surface area contributed by atoms with Crippen LogP contribution >= 0.6 is 0 Å². The zero-order valence-corrected chi connectivity index (χ0v) is 12.4. The molecule has 1 aromatic carbocycles. The number of ketones is 1. The molecule has 0 spiro atoms. The lowest BCUT2D eigenvalue weighted by Crippen LogP contribution is -2.48. The van der Waals surface area contributed by atoms with Gasteiger partial charge in [-0.1, -0.05) is 30.3 Å². The number of allylic oxidation sites excluding steroid dienone is 1. The third-order valence-corrected chi connectivity index (χ3v) is 3.80. The predicted octanol–water partition coefficient (Wildman–Crippen LogP) is 2.98. The molecule has 0 radical (unpaired) electrons. The standard InChI is InChI=1S/C16H20N2O2/c1-5-18-11(2)14(12(3)19)15(17(4)16(18)20)13-9-7-6-8-10-13/h6-10,15H,5H2,1-4H3/t15-/m0/s1. The van der Waals surface area contributed by atoms with Gasteiger partial charge in [-0.15, -0.1) is 0 Å². The minimum atomic E-state index is -0.302. The zero-order chi connectivity index (χ0) is 14.9. The van der Waals surface area contributed by atoms with Crippen LogP contribution in [0.4, 0.5) is 4.79 Å². The molecule has 20 heavy (non-hydrogen) atoms. The van der Waals surface area contributed by atoms with Gasteiger partial charge in [0.1, 0.15) is 0 Å². The predicted molar refractivity (Wildman–Crippen MR) is 78.1 cm³/mol. The van der Waals surface area contributed by atoms with Gasteiger partial charge in [-0.3, -0.25) is 9.69 Å². The van der Waals surface area contributed by atoms with E-state index in [4.69, 9.17) is 0 Å². The molecule has 4 heteroatoms. The Labute approximate surface area is 119 Å². The SMILES string of the molecule is CCN1C(=O)N(C)[C@@H](c2ccccc2)C(C(C)=O)=C1C. The molecule has 1 heterocycles. The quantitative estimate of drug-likeness (QED) is 0.848. The molecule has 0 bridgehead atoms. The van der Waals surface area contributed by atoms with E-state index < -0.39 is 0 Å². The summed E-state index contributed by atoms with van der Waals surface area (Å²) in [5.41, 5.74) is 2.42. The highest BCUT2D eigenvalue weighted by Crippen LogP contribution is 2.36. The lowest BCUT2D eigenvalue weighted by atomic mass is 9.91. The largest absolute Gasteiger partial charge is 0.324 e. The van der Waals surface area contributed by atoms with Crippen LogP contribution in [0, 0.1) is 0 Å². The number of nitrogens with zero attached hydrogens (tertiary/aromatic N) is 2.